The molecule has 2 aromatic carbocycles. The van der Waals surface area contributed by atoms with Crippen LogP contribution in [0.5, 0.6) is 0 Å². The summed E-state index contributed by atoms with van der Waals surface area (Å²) in [6.45, 7) is 3.06. The molecule has 0 atom stereocenters. The second-order valence-corrected chi connectivity index (χ2v) is 8.01. The number of sulfonamides is 1. The van der Waals surface area contributed by atoms with E-state index in [9.17, 15) is 17.2 Å². The van der Waals surface area contributed by atoms with Gasteiger partial charge in [-0.05, 0) is 38.1 Å². The topological polar surface area (TPSA) is 76.3 Å². The van der Waals surface area contributed by atoms with Crippen LogP contribution in [0.15, 0.2) is 57.8 Å². The predicted molar refractivity (Wildman–Crippen MR) is 94.0 cm³/mol. The van der Waals surface area contributed by atoms with Gasteiger partial charge in [0.15, 0.2) is 0 Å². The first-order valence-electron chi connectivity index (χ1n) is 8.13. The molecular weight excluding hydrogens is 376 g/mol. The lowest BCUT2D eigenvalue weighted by molar-refractivity contribution is 0.312. The first-order chi connectivity index (χ1) is 12.8. The Morgan fingerprint density at radius 3 is 2.26 bits per heavy atom. The average Bonchev–Trinajstić information content (AvgIpc) is 3.08. The van der Waals surface area contributed by atoms with Gasteiger partial charge in [-0.1, -0.05) is 18.2 Å². The van der Waals surface area contributed by atoms with Crippen molar-refractivity contribution in [3.05, 3.63) is 66.1 Å². The second-order valence-electron chi connectivity index (χ2n) is 6.12. The Hall–Kier alpha value is -2.65. The fourth-order valence-electron chi connectivity index (χ4n) is 2.51. The molecule has 1 aromatic heterocycles. The van der Waals surface area contributed by atoms with Gasteiger partial charge in [-0.25, -0.2) is 17.2 Å². The van der Waals surface area contributed by atoms with Crippen molar-refractivity contribution < 1.29 is 21.6 Å². The fourth-order valence-corrected chi connectivity index (χ4v) is 4.14. The smallest absolute Gasteiger partial charge is 0.247 e. The van der Waals surface area contributed by atoms with Gasteiger partial charge in [0.2, 0.25) is 21.8 Å². The molecule has 0 fully saturated rings. The van der Waals surface area contributed by atoms with E-state index < -0.39 is 32.6 Å². The average molecular weight is 393 g/mol. The van der Waals surface area contributed by atoms with Crippen LogP contribution in [-0.2, 0) is 16.6 Å². The van der Waals surface area contributed by atoms with Crippen LogP contribution in [0, 0.1) is 11.6 Å². The zero-order chi connectivity index (χ0) is 19.6. The standard InChI is InChI=1S/C18H17F2N3O3S/c1-12(2)23(27(24,25)16-9-14(19)8-15(20)10-16)11-17-21-22-18(26-17)13-6-4-3-5-7-13/h3-10,12H,11H2,1-2H3. The van der Waals surface area contributed by atoms with Gasteiger partial charge < -0.3 is 4.42 Å². The van der Waals surface area contributed by atoms with Gasteiger partial charge in [-0.2, -0.15) is 4.31 Å². The number of nitrogens with zero attached hydrogens (tertiary/aromatic N) is 3. The summed E-state index contributed by atoms with van der Waals surface area (Å²) in [4.78, 5) is -0.475. The molecule has 0 saturated carbocycles. The number of hydrogen-bond donors (Lipinski definition) is 0. The van der Waals surface area contributed by atoms with Crippen LogP contribution < -0.4 is 0 Å². The summed E-state index contributed by atoms with van der Waals surface area (Å²) in [5.74, 6) is -1.62. The van der Waals surface area contributed by atoms with E-state index in [1.807, 2.05) is 18.2 Å². The van der Waals surface area contributed by atoms with Crippen LogP contribution in [0.4, 0.5) is 8.78 Å². The summed E-state index contributed by atoms with van der Waals surface area (Å²) in [6, 6.07) is 10.7. The third kappa shape index (κ3) is 4.20. The van der Waals surface area contributed by atoms with Crippen molar-refractivity contribution in [2.75, 3.05) is 0 Å². The SMILES string of the molecule is CC(C)N(Cc1nnc(-c2ccccc2)o1)S(=O)(=O)c1cc(F)cc(F)c1. The summed E-state index contributed by atoms with van der Waals surface area (Å²) in [5.41, 5.74) is 0.697. The van der Waals surface area contributed by atoms with Crippen molar-refractivity contribution in [3.63, 3.8) is 0 Å². The van der Waals surface area contributed by atoms with Crippen molar-refractivity contribution in [2.45, 2.75) is 31.3 Å². The van der Waals surface area contributed by atoms with Gasteiger partial charge in [0.25, 0.3) is 0 Å². The molecular formula is C18H17F2N3O3S. The molecule has 0 aliphatic carbocycles. The summed E-state index contributed by atoms with van der Waals surface area (Å²) >= 11 is 0. The van der Waals surface area contributed by atoms with Crippen LogP contribution in [0.3, 0.4) is 0 Å². The minimum atomic E-state index is -4.17. The Bertz CT molecular complexity index is 1020. The molecule has 1 heterocycles. The highest BCUT2D eigenvalue weighted by Gasteiger charge is 2.30. The van der Waals surface area contributed by atoms with E-state index in [2.05, 4.69) is 10.2 Å². The molecule has 6 nitrogen and oxygen atoms in total. The van der Waals surface area contributed by atoms with E-state index in [4.69, 9.17) is 4.42 Å². The molecule has 142 valence electrons. The molecule has 3 rings (SSSR count). The largest absolute Gasteiger partial charge is 0.419 e. The highest BCUT2D eigenvalue weighted by atomic mass is 32.2. The van der Waals surface area contributed by atoms with Crippen LogP contribution in [-0.4, -0.2) is 29.0 Å². The Kier molecular flexibility index (Phi) is 5.33. The summed E-state index contributed by atoms with van der Waals surface area (Å²) in [7, 11) is -4.17. The summed E-state index contributed by atoms with van der Waals surface area (Å²) < 4.78 is 59.3. The Balaban J connectivity index is 1.91. The molecule has 0 aliphatic rings. The number of benzene rings is 2. The molecule has 9 heteroatoms. The van der Waals surface area contributed by atoms with Crippen LogP contribution in [0.25, 0.3) is 11.5 Å². The van der Waals surface area contributed by atoms with Crippen molar-refractivity contribution >= 4 is 10.0 Å². The lowest BCUT2D eigenvalue weighted by atomic mass is 10.2. The molecule has 0 unspecified atom stereocenters. The van der Waals surface area contributed by atoms with Crippen molar-refractivity contribution in [1.29, 1.82) is 0 Å². The van der Waals surface area contributed by atoms with E-state index in [1.54, 1.807) is 26.0 Å². The van der Waals surface area contributed by atoms with Crippen LogP contribution >= 0.6 is 0 Å². The molecule has 0 bridgehead atoms. The van der Waals surface area contributed by atoms with Gasteiger partial charge in [0.05, 0.1) is 11.4 Å². The van der Waals surface area contributed by atoms with Crippen LogP contribution in [0.2, 0.25) is 0 Å². The third-order valence-electron chi connectivity index (χ3n) is 3.80. The third-order valence-corrected chi connectivity index (χ3v) is 5.80. The number of hydrogen-bond acceptors (Lipinski definition) is 5. The lowest BCUT2D eigenvalue weighted by Crippen LogP contribution is -2.36. The first kappa shape index (κ1) is 19.1. The minimum Gasteiger partial charge on any atom is -0.419 e. The zero-order valence-electron chi connectivity index (χ0n) is 14.6. The van der Waals surface area contributed by atoms with Crippen LogP contribution in [0.1, 0.15) is 19.7 Å². The van der Waals surface area contributed by atoms with E-state index in [-0.39, 0.29) is 18.3 Å². The highest BCUT2D eigenvalue weighted by Crippen LogP contribution is 2.24. The molecule has 27 heavy (non-hydrogen) atoms. The van der Waals surface area contributed by atoms with E-state index in [0.29, 0.717) is 11.6 Å². The maximum atomic E-state index is 13.5. The van der Waals surface area contributed by atoms with Gasteiger partial charge >= 0.3 is 0 Å². The number of halogens is 2. The maximum absolute atomic E-state index is 13.5. The molecule has 0 N–H and O–H groups in total. The Morgan fingerprint density at radius 1 is 1.04 bits per heavy atom. The van der Waals surface area contributed by atoms with Gasteiger partial charge in [0, 0.05) is 17.7 Å². The Morgan fingerprint density at radius 2 is 1.67 bits per heavy atom. The molecule has 0 amide bonds. The fraction of sp³-hybridized carbons (Fsp3) is 0.222. The van der Waals surface area contributed by atoms with Gasteiger partial charge in [-0.3, -0.25) is 0 Å². The number of aromatic nitrogens is 2. The molecule has 0 aliphatic heterocycles. The van der Waals surface area contributed by atoms with Crippen molar-refractivity contribution in [1.82, 2.24) is 14.5 Å². The molecule has 0 saturated heterocycles. The van der Waals surface area contributed by atoms with Gasteiger partial charge in [0.1, 0.15) is 11.6 Å². The lowest BCUT2D eigenvalue weighted by Gasteiger charge is -2.24. The molecule has 0 spiro atoms. The Labute approximate surface area is 155 Å². The van der Waals surface area contributed by atoms with Crippen molar-refractivity contribution in [3.8, 4) is 11.5 Å². The molecule has 3 aromatic rings. The highest BCUT2D eigenvalue weighted by molar-refractivity contribution is 7.89. The monoisotopic (exact) mass is 393 g/mol. The van der Waals surface area contributed by atoms with Crippen molar-refractivity contribution in [2.24, 2.45) is 0 Å². The summed E-state index contributed by atoms with van der Waals surface area (Å²) in [5, 5.41) is 7.81. The summed E-state index contributed by atoms with van der Waals surface area (Å²) in [6.07, 6.45) is 0. The quantitative estimate of drug-likeness (QED) is 0.639. The minimum absolute atomic E-state index is 0.0722. The maximum Gasteiger partial charge on any atom is 0.247 e. The number of rotatable bonds is 6. The van der Waals surface area contributed by atoms with E-state index in [0.717, 1.165) is 16.4 Å². The van der Waals surface area contributed by atoms with E-state index in [1.165, 1.54) is 0 Å². The first-order valence-corrected chi connectivity index (χ1v) is 9.57. The molecule has 0 radical (unpaired) electrons. The normalized spacial score (nSPS) is 12.1. The van der Waals surface area contributed by atoms with Gasteiger partial charge in [-0.15, -0.1) is 10.2 Å². The second kappa shape index (κ2) is 7.53. The van der Waals surface area contributed by atoms with E-state index >= 15 is 0 Å². The zero-order valence-corrected chi connectivity index (χ0v) is 15.5. The predicted octanol–water partition coefficient (Wildman–Crippen LogP) is 3.61.